The first kappa shape index (κ1) is 21.6. The number of benzene rings is 1. The van der Waals surface area contributed by atoms with Gasteiger partial charge in [-0.15, -0.1) is 10.2 Å². The molecule has 158 valence electrons. The summed E-state index contributed by atoms with van der Waals surface area (Å²) in [6, 6.07) is 4.04. The van der Waals surface area contributed by atoms with E-state index in [1.807, 2.05) is 5.32 Å². The van der Waals surface area contributed by atoms with Crippen LogP contribution in [0.15, 0.2) is 52.4 Å². The third kappa shape index (κ3) is 5.49. The Morgan fingerprint density at radius 3 is 2.13 bits per heavy atom. The van der Waals surface area contributed by atoms with E-state index in [2.05, 4.69) is 15.2 Å². The average molecular weight is 448 g/mol. The highest BCUT2D eigenvalue weighted by atomic mass is 32.2. The molecule has 0 aliphatic heterocycles. The third-order valence-electron chi connectivity index (χ3n) is 3.53. The lowest BCUT2D eigenvalue weighted by molar-refractivity contribution is -0.143. The van der Waals surface area contributed by atoms with E-state index in [1.54, 1.807) is 12.1 Å². The molecule has 1 amide bonds. The molecule has 0 aliphatic rings. The van der Waals surface area contributed by atoms with Crippen LogP contribution >= 0.6 is 11.8 Å². The molecule has 1 aromatic carbocycles. The Kier molecular flexibility index (Phi) is 6.01. The summed E-state index contributed by atoms with van der Waals surface area (Å²) in [5, 5.41) is 9.51. The Morgan fingerprint density at radius 2 is 1.57 bits per heavy atom. The van der Waals surface area contributed by atoms with Crippen molar-refractivity contribution in [2.75, 3.05) is 11.1 Å². The van der Waals surface area contributed by atoms with Gasteiger partial charge < -0.3 is 9.73 Å². The van der Waals surface area contributed by atoms with E-state index in [0.717, 1.165) is 11.8 Å². The van der Waals surface area contributed by atoms with E-state index in [0.29, 0.717) is 17.7 Å². The number of carbonyl (C=O) groups excluding carboxylic acids is 1. The zero-order valence-corrected chi connectivity index (χ0v) is 15.4. The minimum atomic E-state index is -5.01. The van der Waals surface area contributed by atoms with E-state index >= 15 is 0 Å². The largest absolute Gasteiger partial charge is 0.416 e. The van der Waals surface area contributed by atoms with Gasteiger partial charge in [0, 0.05) is 23.6 Å². The lowest BCUT2D eigenvalue weighted by Crippen LogP contribution is -2.17. The van der Waals surface area contributed by atoms with Crippen LogP contribution in [0.4, 0.5) is 32.0 Å². The third-order valence-corrected chi connectivity index (χ3v) is 4.35. The van der Waals surface area contributed by atoms with Gasteiger partial charge in [-0.25, -0.2) is 0 Å². The van der Waals surface area contributed by atoms with Crippen molar-refractivity contribution in [2.45, 2.75) is 17.6 Å². The van der Waals surface area contributed by atoms with Crippen LogP contribution < -0.4 is 5.32 Å². The molecule has 0 saturated heterocycles. The number of nitrogens with one attached hydrogen (secondary N) is 1. The van der Waals surface area contributed by atoms with Gasteiger partial charge in [-0.2, -0.15) is 26.3 Å². The normalized spacial score (nSPS) is 12.1. The average Bonchev–Trinajstić information content (AvgIpc) is 3.14. The molecule has 1 N–H and O–H groups in total. The van der Waals surface area contributed by atoms with Crippen molar-refractivity contribution >= 4 is 23.4 Å². The lowest BCUT2D eigenvalue weighted by atomic mass is 10.1. The molecule has 0 bridgehead atoms. The van der Waals surface area contributed by atoms with Crippen LogP contribution in [-0.4, -0.2) is 26.8 Å². The molecule has 2 aromatic heterocycles. The number of hydrogen-bond acceptors (Lipinski definition) is 6. The van der Waals surface area contributed by atoms with Gasteiger partial charge in [0.15, 0.2) is 0 Å². The van der Waals surface area contributed by atoms with Crippen molar-refractivity contribution in [3.05, 3.63) is 53.9 Å². The van der Waals surface area contributed by atoms with Crippen LogP contribution in [0.5, 0.6) is 0 Å². The smallest absolute Gasteiger partial charge is 0.411 e. The number of amides is 1. The van der Waals surface area contributed by atoms with Gasteiger partial charge in [0.2, 0.25) is 11.8 Å². The standard InChI is InChI=1S/C17H10F6N4O2S/c18-16(19,20)10-5-11(17(21,22)23)7-12(6-10)25-13(28)8-30-15-27-26-14(29-15)9-1-3-24-4-2-9/h1-7H,8H2,(H,25,28). The predicted octanol–water partition coefficient (Wildman–Crippen LogP) is 4.90. The molecule has 0 atom stereocenters. The molecule has 3 rings (SSSR count). The van der Waals surface area contributed by atoms with Crippen molar-refractivity contribution in [2.24, 2.45) is 0 Å². The highest BCUT2D eigenvalue weighted by molar-refractivity contribution is 7.99. The fraction of sp³-hybridized carbons (Fsp3) is 0.176. The van der Waals surface area contributed by atoms with Crippen molar-refractivity contribution in [1.82, 2.24) is 15.2 Å². The molecule has 0 aliphatic carbocycles. The van der Waals surface area contributed by atoms with Crippen molar-refractivity contribution < 1.29 is 35.6 Å². The first-order valence-corrected chi connectivity index (χ1v) is 8.97. The Labute approximate surface area is 168 Å². The van der Waals surface area contributed by atoms with Gasteiger partial charge in [0.05, 0.1) is 16.9 Å². The predicted molar refractivity (Wildman–Crippen MR) is 93.3 cm³/mol. The second-order valence-corrected chi connectivity index (χ2v) is 6.67. The zero-order chi connectivity index (χ0) is 21.9. The molecular weight excluding hydrogens is 438 g/mol. The van der Waals surface area contributed by atoms with E-state index in [4.69, 9.17) is 4.42 Å². The number of nitrogens with zero attached hydrogens (tertiary/aromatic N) is 3. The second-order valence-electron chi connectivity index (χ2n) is 5.74. The summed E-state index contributed by atoms with van der Waals surface area (Å²) in [7, 11) is 0. The molecule has 2 heterocycles. The molecule has 0 radical (unpaired) electrons. The fourth-order valence-corrected chi connectivity index (χ4v) is 2.79. The van der Waals surface area contributed by atoms with Crippen LogP contribution in [-0.2, 0) is 17.1 Å². The summed E-state index contributed by atoms with van der Waals surface area (Å²) in [6.07, 6.45) is -7.01. The second kappa shape index (κ2) is 8.34. The fourth-order valence-electron chi connectivity index (χ4n) is 2.23. The molecule has 30 heavy (non-hydrogen) atoms. The van der Waals surface area contributed by atoms with Crippen LogP contribution in [0.3, 0.4) is 0 Å². The number of carbonyl (C=O) groups is 1. The van der Waals surface area contributed by atoms with Gasteiger partial charge in [-0.05, 0) is 30.3 Å². The van der Waals surface area contributed by atoms with Crippen molar-refractivity contribution in [1.29, 1.82) is 0 Å². The summed E-state index contributed by atoms with van der Waals surface area (Å²) in [4.78, 5) is 15.8. The molecular formula is C17H10F6N4O2S. The van der Waals surface area contributed by atoms with Crippen LogP contribution in [0, 0.1) is 0 Å². The highest BCUT2D eigenvalue weighted by Gasteiger charge is 2.37. The van der Waals surface area contributed by atoms with Gasteiger partial charge in [0.1, 0.15) is 0 Å². The molecule has 0 fully saturated rings. The Balaban J connectivity index is 1.68. The number of hydrogen-bond donors (Lipinski definition) is 1. The number of aromatic nitrogens is 3. The van der Waals surface area contributed by atoms with E-state index in [-0.39, 0.29) is 22.9 Å². The molecule has 0 unspecified atom stereocenters. The SMILES string of the molecule is O=C(CSc1nnc(-c2ccncc2)o1)Nc1cc(C(F)(F)F)cc(C(F)(F)F)c1. The topological polar surface area (TPSA) is 80.9 Å². The zero-order valence-electron chi connectivity index (χ0n) is 14.6. The first-order valence-electron chi connectivity index (χ1n) is 7.98. The number of halogens is 6. The number of rotatable bonds is 5. The number of anilines is 1. The monoisotopic (exact) mass is 448 g/mol. The minimum Gasteiger partial charge on any atom is -0.411 e. The number of alkyl halides is 6. The van der Waals surface area contributed by atoms with Gasteiger partial charge >= 0.3 is 12.4 Å². The summed E-state index contributed by atoms with van der Waals surface area (Å²) in [6.45, 7) is 0. The molecule has 0 spiro atoms. The summed E-state index contributed by atoms with van der Waals surface area (Å²) >= 11 is 0.770. The van der Waals surface area contributed by atoms with Crippen LogP contribution in [0.2, 0.25) is 0 Å². The molecule has 6 nitrogen and oxygen atoms in total. The molecule has 13 heteroatoms. The lowest BCUT2D eigenvalue weighted by Gasteiger charge is -2.14. The van der Waals surface area contributed by atoms with Crippen molar-refractivity contribution in [3.63, 3.8) is 0 Å². The van der Waals surface area contributed by atoms with Crippen molar-refractivity contribution in [3.8, 4) is 11.5 Å². The van der Waals surface area contributed by atoms with E-state index in [9.17, 15) is 31.1 Å². The maximum Gasteiger partial charge on any atom is 0.416 e. The van der Waals surface area contributed by atoms with Gasteiger partial charge in [0.25, 0.3) is 5.22 Å². The van der Waals surface area contributed by atoms with Crippen LogP contribution in [0.1, 0.15) is 11.1 Å². The summed E-state index contributed by atoms with van der Waals surface area (Å²) in [5.74, 6) is -1.07. The van der Waals surface area contributed by atoms with Crippen LogP contribution in [0.25, 0.3) is 11.5 Å². The van der Waals surface area contributed by atoms with E-state index < -0.39 is 35.1 Å². The molecule has 3 aromatic rings. The summed E-state index contributed by atoms with van der Waals surface area (Å²) < 4.78 is 82.6. The van der Waals surface area contributed by atoms with E-state index in [1.165, 1.54) is 12.4 Å². The minimum absolute atomic E-state index is 0.00279. The first-order chi connectivity index (χ1) is 14.0. The van der Waals surface area contributed by atoms with Gasteiger partial charge in [-0.1, -0.05) is 11.8 Å². The maximum absolute atomic E-state index is 12.9. The Bertz CT molecular complexity index is 1000. The van der Waals surface area contributed by atoms with Gasteiger partial charge in [-0.3, -0.25) is 9.78 Å². The molecule has 0 saturated carbocycles. The quantitative estimate of drug-likeness (QED) is 0.442. The summed E-state index contributed by atoms with van der Waals surface area (Å²) in [5.41, 5.74) is -3.11. The Morgan fingerprint density at radius 1 is 0.967 bits per heavy atom. The number of thioether (sulfide) groups is 1. The highest BCUT2D eigenvalue weighted by Crippen LogP contribution is 2.37. The Hall–Kier alpha value is -3.09. The maximum atomic E-state index is 12.9. The number of pyridine rings is 1.